The van der Waals surface area contributed by atoms with Crippen LogP contribution in [0.4, 0.5) is 0 Å². The molecule has 4 rings (SSSR count). The average molecular weight is 389 g/mol. The van der Waals surface area contributed by atoms with Gasteiger partial charge in [0.1, 0.15) is 5.54 Å². The molecule has 0 aliphatic carbocycles. The highest BCUT2D eigenvalue weighted by Crippen LogP contribution is 2.42. The molecule has 1 heterocycles. The van der Waals surface area contributed by atoms with Gasteiger partial charge in [-0.2, -0.15) is 0 Å². The lowest BCUT2D eigenvalue weighted by Crippen LogP contribution is -2.37. The fraction of sp³-hybridized carbons (Fsp3) is 0.0455. The normalized spacial score (nSPS) is 11.4. The number of rotatable bonds is 4. The third kappa shape index (κ3) is 2.61. The molecule has 0 saturated heterocycles. The van der Waals surface area contributed by atoms with Gasteiger partial charge in [0.05, 0.1) is 0 Å². The van der Waals surface area contributed by atoms with Crippen LogP contribution in [-0.4, -0.2) is 9.55 Å². The largest absolute Gasteiger partial charge is 0.307 e. The Hall–Kier alpha value is -2.65. The molecule has 3 aromatic carbocycles. The van der Waals surface area contributed by atoms with Crippen LogP contribution in [-0.2, 0) is 5.54 Å². The summed E-state index contributed by atoms with van der Waals surface area (Å²) in [6.07, 6.45) is 3.85. The first-order valence-corrected chi connectivity index (χ1v) is 8.98. The highest BCUT2D eigenvalue weighted by Gasteiger charge is 2.39. The van der Waals surface area contributed by atoms with E-state index in [4.69, 9.17) is 0 Å². The molecule has 0 saturated carbocycles. The molecule has 4 aromatic rings. The summed E-state index contributed by atoms with van der Waals surface area (Å²) in [5, 5.41) is 0. The Kier molecular flexibility index (Phi) is 4.24. The van der Waals surface area contributed by atoms with E-state index < -0.39 is 5.54 Å². The number of nitrogens with zero attached hydrogens (tertiary/aromatic N) is 2. The average Bonchev–Trinajstić information content (AvgIpc) is 3.12. The predicted molar refractivity (Wildman–Crippen MR) is 105 cm³/mol. The maximum absolute atomic E-state index is 4.44. The SMILES string of the molecule is Brc1nccn1C(c1ccccc1)(c1ccccc1)c1ccccc1. The molecule has 0 amide bonds. The highest BCUT2D eigenvalue weighted by atomic mass is 79.9. The first-order valence-electron chi connectivity index (χ1n) is 8.19. The molecular formula is C22H17BrN2. The highest BCUT2D eigenvalue weighted by molar-refractivity contribution is 9.10. The predicted octanol–water partition coefficient (Wildman–Crippen LogP) is 5.49. The van der Waals surface area contributed by atoms with E-state index in [1.807, 2.05) is 30.6 Å². The van der Waals surface area contributed by atoms with Crippen LogP contribution in [0.1, 0.15) is 16.7 Å². The Morgan fingerprint density at radius 1 is 0.640 bits per heavy atom. The van der Waals surface area contributed by atoms with Crippen molar-refractivity contribution in [2.24, 2.45) is 0 Å². The van der Waals surface area contributed by atoms with Gasteiger partial charge in [-0.1, -0.05) is 91.0 Å². The van der Waals surface area contributed by atoms with Gasteiger partial charge < -0.3 is 4.57 Å². The van der Waals surface area contributed by atoms with Gasteiger partial charge in [0, 0.05) is 12.4 Å². The smallest absolute Gasteiger partial charge is 0.178 e. The first-order chi connectivity index (χ1) is 12.3. The number of halogens is 1. The fourth-order valence-electron chi connectivity index (χ4n) is 3.49. The Morgan fingerprint density at radius 2 is 1.04 bits per heavy atom. The van der Waals surface area contributed by atoms with E-state index in [-0.39, 0.29) is 0 Å². The van der Waals surface area contributed by atoms with Crippen molar-refractivity contribution in [3.05, 3.63) is 125 Å². The Bertz CT molecular complexity index is 850. The van der Waals surface area contributed by atoms with Crippen molar-refractivity contribution in [3.8, 4) is 0 Å². The van der Waals surface area contributed by atoms with Gasteiger partial charge in [0.25, 0.3) is 0 Å². The second-order valence-electron chi connectivity index (χ2n) is 5.87. The van der Waals surface area contributed by atoms with Crippen LogP contribution >= 0.6 is 15.9 Å². The zero-order valence-electron chi connectivity index (χ0n) is 13.6. The van der Waals surface area contributed by atoms with Crippen LogP contribution in [0.3, 0.4) is 0 Å². The lowest BCUT2D eigenvalue weighted by molar-refractivity contribution is 0.504. The van der Waals surface area contributed by atoms with Crippen molar-refractivity contribution in [3.63, 3.8) is 0 Å². The monoisotopic (exact) mass is 388 g/mol. The maximum atomic E-state index is 4.44. The molecule has 25 heavy (non-hydrogen) atoms. The summed E-state index contributed by atoms with van der Waals surface area (Å²) >= 11 is 3.65. The van der Waals surface area contributed by atoms with Crippen molar-refractivity contribution < 1.29 is 0 Å². The Balaban J connectivity index is 2.15. The van der Waals surface area contributed by atoms with E-state index in [9.17, 15) is 0 Å². The molecule has 0 unspecified atom stereocenters. The number of hydrogen-bond donors (Lipinski definition) is 0. The summed E-state index contributed by atoms with van der Waals surface area (Å²) in [5.74, 6) is 0. The zero-order valence-corrected chi connectivity index (χ0v) is 15.2. The minimum atomic E-state index is -0.501. The van der Waals surface area contributed by atoms with Crippen LogP contribution in [0.5, 0.6) is 0 Å². The number of imidazole rings is 1. The zero-order chi connectivity index (χ0) is 17.1. The van der Waals surface area contributed by atoms with E-state index in [0.29, 0.717) is 0 Å². The van der Waals surface area contributed by atoms with Gasteiger partial charge in [0.2, 0.25) is 0 Å². The molecule has 0 radical (unpaired) electrons. The van der Waals surface area contributed by atoms with Gasteiger partial charge in [-0.15, -0.1) is 0 Å². The van der Waals surface area contributed by atoms with Crippen molar-refractivity contribution in [2.75, 3.05) is 0 Å². The van der Waals surface area contributed by atoms with E-state index >= 15 is 0 Å². The Morgan fingerprint density at radius 3 is 1.36 bits per heavy atom. The van der Waals surface area contributed by atoms with Crippen LogP contribution in [0.2, 0.25) is 0 Å². The van der Waals surface area contributed by atoms with Gasteiger partial charge >= 0.3 is 0 Å². The summed E-state index contributed by atoms with van der Waals surface area (Å²) in [7, 11) is 0. The summed E-state index contributed by atoms with van der Waals surface area (Å²) in [6.45, 7) is 0. The quantitative estimate of drug-likeness (QED) is 0.423. The number of aromatic nitrogens is 2. The molecule has 0 spiro atoms. The second kappa shape index (κ2) is 6.69. The topological polar surface area (TPSA) is 17.8 Å². The van der Waals surface area contributed by atoms with Crippen molar-refractivity contribution in [1.29, 1.82) is 0 Å². The van der Waals surface area contributed by atoms with Crippen LogP contribution < -0.4 is 0 Å². The lowest BCUT2D eigenvalue weighted by Gasteiger charge is -2.37. The molecule has 0 aliphatic heterocycles. The summed E-state index contributed by atoms with van der Waals surface area (Å²) < 4.78 is 2.98. The summed E-state index contributed by atoms with van der Waals surface area (Å²) in [6, 6.07) is 31.7. The third-order valence-corrected chi connectivity index (χ3v) is 5.12. The molecule has 0 bridgehead atoms. The summed E-state index contributed by atoms with van der Waals surface area (Å²) in [5.41, 5.74) is 3.06. The van der Waals surface area contributed by atoms with E-state index in [1.54, 1.807) is 0 Å². The first kappa shape index (κ1) is 15.9. The molecule has 0 N–H and O–H groups in total. The minimum absolute atomic E-state index is 0.501. The molecule has 0 fully saturated rings. The van der Waals surface area contributed by atoms with Crippen molar-refractivity contribution in [2.45, 2.75) is 5.54 Å². The van der Waals surface area contributed by atoms with E-state index in [2.05, 4.69) is 98.3 Å². The van der Waals surface area contributed by atoms with Crippen molar-refractivity contribution >= 4 is 15.9 Å². The maximum Gasteiger partial charge on any atom is 0.178 e. The van der Waals surface area contributed by atoms with Gasteiger partial charge in [-0.25, -0.2) is 4.98 Å². The molecule has 1 aromatic heterocycles. The molecule has 2 nitrogen and oxygen atoms in total. The lowest BCUT2D eigenvalue weighted by atomic mass is 9.77. The van der Waals surface area contributed by atoms with Crippen LogP contribution in [0, 0.1) is 0 Å². The molecule has 122 valence electrons. The van der Waals surface area contributed by atoms with Gasteiger partial charge in [-0.3, -0.25) is 0 Å². The van der Waals surface area contributed by atoms with Crippen LogP contribution in [0.25, 0.3) is 0 Å². The molecule has 3 heteroatoms. The number of hydrogen-bond acceptors (Lipinski definition) is 1. The van der Waals surface area contributed by atoms with E-state index in [0.717, 1.165) is 4.73 Å². The molecule has 0 aliphatic rings. The standard InChI is InChI=1S/C22H17BrN2/c23-21-24-16-17-25(21)22(18-10-4-1-5-11-18,19-12-6-2-7-13-19)20-14-8-3-9-15-20/h1-17H. The molecule has 0 atom stereocenters. The minimum Gasteiger partial charge on any atom is -0.307 e. The van der Waals surface area contributed by atoms with Crippen LogP contribution in [0.15, 0.2) is 108 Å². The molecular weight excluding hydrogens is 372 g/mol. The van der Waals surface area contributed by atoms with Gasteiger partial charge in [0.15, 0.2) is 4.73 Å². The second-order valence-corrected chi connectivity index (χ2v) is 6.58. The summed E-state index contributed by atoms with van der Waals surface area (Å²) in [4.78, 5) is 4.44. The fourth-order valence-corrected chi connectivity index (χ4v) is 3.99. The van der Waals surface area contributed by atoms with Crippen molar-refractivity contribution in [1.82, 2.24) is 9.55 Å². The van der Waals surface area contributed by atoms with E-state index in [1.165, 1.54) is 16.7 Å². The van der Waals surface area contributed by atoms with Gasteiger partial charge in [-0.05, 0) is 32.6 Å². The third-order valence-electron chi connectivity index (χ3n) is 4.53. The Labute approximate surface area is 155 Å². The number of benzene rings is 3.